The molecule has 0 N–H and O–H groups in total. The maximum absolute atomic E-state index is 12.4. The zero-order valence-electron chi connectivity index (χ0n) is 12.1. The summed E-state index contributed by atoms with van der Waals surface area (Å²) in [6, 6.07) is 5.53. The molecule has 0 spiro atoms. The highest BCUT2D eigenvalue weighted by Gasteiger charge is 2.37. The number of nitrogens with zero attached hydrogens (tertiary/aromatic N) is 3. The SMILES string of the molecule is CN1CC(C(=O)N2CCC(Oc3ccccn3)C2)CC1=O. The quantitative estimate of drug-likeness (QED) is 0.815. The van der Waals surface area contributed by atoms with Crippen molar-refractivity contribution in [3.8, 4) is 5.88 Å². The van der Waals surface area contributed by atoms with Gasteiger partial charge in [0.15, 0.2) is 0 Å². The average Bonchev–Trinajstić information content (AvgIpc) is 3.07. The monoisotopic (exact) mass is 289 g/mol. The first-order valence-corrected chi connectivity index (χ1v) is 7.24. The van der Waals surface area contributed by atoms with Crippen LogP contribution < -0.4 is 4.74 Å². The lowest BCUT2D eigenvalue weighted by molar-refractivity contribution is -0.135. The predicted octanol–water partition coefficient (Wildman–Crippen LogP) is 0.540. The number of pyridine rings is 1. The normalized spacial score (nSPS) is 25.5. The average molecular weight is 289 g/mol. The van der Waals surface area contributed by atoms with Crippen LogP contribution in [0.15, 0.2) is 24.4 Å². The number of hydrogen-bond donors (Lipinski definition) is 0. The van der Waals surface area contributed by atoms with Crippen LogP contribution in [0.4, 0.5) is 0 Å². The molecule has 2 amide bonds. The molecule has 2 atom stereocenters. The number of amides is 2. The second-order valence-electron chi connectivity index (χ2n) is 5.66. The van der Waals surface area contributed by atoms with Gasteiger partial charge in [-0.25, -0.2) is 4.98 Å². The van der Waals surface area contributed by atoms with Gasteiger partial charge in [-0.15, -0.1) is 0 Å². The standard InChI is InChI=1S/C15H19N3O3/c1-17-9-11(8-14(17)19)15(20)18-7-5-12(10-18)21-13-4-2-3-6-16-13/h2-4,6,11-12H,5,7-10H2,1H3. The maximum Gasteiger partial charge on any atom is 0.228 e. The highest BCUT2D eigenvalue weighted by Crippen LogP contribution is 2.22. The molecule has 6 nitrogen and oxygen atoms in total. The van der Waals surface area contributed by atoms with E-state index in [9.17, 15) is 9.59 Å². The molecule has 112 valence electrons. The van der Waals surface area contributed by atoms with Gasteiger partial charge in [-0.05, 0) is 6.07 Å². The van der Waals surface area contributed by atoms with Crippen LogP contribution in [0.3, 0.4) is 0 Å². The molecule has 0 bridgehead atoms. The van der Waals surface area contributed by atoms with Crippen molar-refractivity contribution >= 4 is 11.8 Å². The van der Waals surface area contributed by atoms with E-state index in [-0.39, 0.29) is 23.8 Å². The minimum absolute atomic E-state index is 0.0151. The van der Waals surface area contributed by atoms with Crippen molar-refractivity contribution in [3.63, 3.8) is 0 Å². The van der Waals surface area contributed by atoms with E-state index in [0.717, 1.165) is 6.42 Å². The van der Waals surface area contributed by atoms with E-state index in [2.05, 4.69) is 4.98 Å². The van der Waals surface area contributed by atoms with Crippen LogP contribution in [-0.4, -0.2) is 59.4 Å². The van der Waals surface area contributed by atoms with E-state index in [1.807, 2.05) is 23.1 Å². The molecule has 21 heavy (non-hydrogen) atoms. The van der Waals surface area contributed by atoms with Crippen molar-refractivity contribution in [2.24, 2.45) is 5.92 Å². The van der Waals surface area contributed by atoms with Gasteiger partial charge < -0.3 is 14.5 Å². The van der Waals surface area contributed by atoms with Crippen LogP contribution in [0.5, 0.6) is 5.88 Å². The van der Waals surface area contributed by atoms with Gasteiger partial charge >= 0.3 is 0 Å². The van der Waals surface area contributed by atoms with Crippen LogP contribution in [0.1, 0.15) is 12.8 Å². The van der Waals surface area contributed by atoms with E-state index in [0.29, 0.717) is 31.9 Å². The Labute approximate surface area is 123 Å². The summed E-state index contributed by atoms with van der Waals surface area (Å²) in [5.74, 6) is 0.511. The van der Waals surface area contributed by atoms with Gasteiger partial charge in [-0.1, -0.05) is 6.07 Å². The molecule has 2 aliphatic heterocycles. The zero-order chi connectivity index (χ0) is 14.8. The third kappa shape index (κ3) is 2.99. The highest BCUT2D eigenvalue weighted by molar-refractivity contribution is 5.89. The van der Waals surface area contributed by atoms with Gasteiger partial charge in [0.2, 0.25) is 17.7 Å². The van der Waals surface area contributed by atoms with E-state index < -0.39 is 0 Å². The Balaban J connectivity index is 1.55. The van der Waals surface area contributed by atoms with Gasteiger partial charge in [0.05, 0.1) is 12.5 Å². The Kier molecular flexibility index (Phi) is 3.77. The van der Waals surface area contributed by atoms with Crippen LogP contribution in [-0.2, 0) is 9.59 Å². The molecule has 0 aromatic carbocycles. The summed E-state index contributed by atoms with van der Waals surface area (Å²) >= 11 is 0. The van der Waals surface area contributed by atoms with Crippen molar-refractivity contribution in [2.75, 3.05) is 26.7 Å². The Bertz CT molecular complexity index is 534. The molecule has 0 saturated carbocycles. The fourth-order valence-electron chi connectivity index (χ4n) is 2.90. The first kappa shape index (κ1) is 13.9. The molecule has 3 rings (SSSR count). The van der Waals surface area contributed by atoms with Gasteiger partial charge in [-0.3, -0.25) is 9.59 Å². The molecular weight excluding hydrogens is 270 g/mol. The smallest absolute Gasteiger partial charge is 0.228 e. The number of carbonyl (C=O) groups excluding carboxylic acids is 2. The van der Waals surface area contributed by atoms with Crippen molar-refractivity contribution in [2.45, 2.75) is 18.9 Å². The molecular formula is C15H19N3O3. The minimum atomic E-state index is -0.198. The third-order valence-corrected chi connectivity index (χ3v) is 4.07. The fraction of sp³-hybridized carbons (Fsp3) is 0.533. The Morgan fingerprint density at radius 1 is 1.38 bits per heavy atom. The largest absolute Gasteiger partial charge is 0.472 e. The molecule has 6 heteroatoms. The van der Waals surface area contributed by atoms with Crippen LogP contribution in [0, 0.1) is 5.92 Å². The minimum Gasteiger partial charge on any atom is -0.472 e. The number of rotatable bonds is 3. The van der Waals surface area contributed by atoms with Gasteiger partial charge in [-0.2, -0.15) is 0 Å². The maximum atomic E-state index is 12.4. The Morgan fingerprint density at radius 3 is 2.90 bits per heavy atom. The number of hydrogen-bond acceptors (Lipinski definition) is 4. The third-order valence-electron chi connectivity index (χ3n) is 4.07. The van der Waals surface area contributed by atoms with E-state index in [1.54, 1.807) is 18.1 Å². The van der Waals surface area contributed by atoms with Crippen molar-refractivity contribution in [3.05, 3.63) is 24.4 Å². The first-order chi connectivity index (χ1) is 10.1. The van der Waals surface area contributed by atoms with Crippen molar-refractivity contribution < 1.29 is 14.3 Å². The Morgan fingerprint density at radius 2 is 2.24 bits per heavy atom. The molecule has 3 heterocycles. The van der Waals surface area contributed by atoms with Crippen LogP contribution in [0.2, 0.25) is 0 Å². The molecule has 1 aromatic rings. The van der Waals surface area contributed by atoms with Crippen molar-refractivity contribution in [1.29, 1.82) is 0 Å². The molecule has 2 aliphatic rings. The Hall–Kier alpha value is -2.11. The number of ether oxygens (including phenoxy) is 1. The summed E-state index contributed by atoms with van der Waals surface area (Å²) in [5.41, 5.74) is 0. The van der Waals surface area contributed by atoms with E-state index in [4.69, 9.17) is 4.74 Å². The number of carbonyl (C=O) groups is 2. The molecule has 0 aliphatic carbocycles. The topological polar surface area (TPSA) is 62.7 Å². The van der Waals surface area contributed by atoms with E-state index in [1.165, 1.54) is 0 Å². The molecule has 2 fully saturated rings. The summed E-state index contributed by atoms with van der Waals surface area (Å²) in [5, 5.41) is 0. The van der Waals surface area contributed by atoms with E-state index >= 15 is 0 Å². The number of aromatic nitrogens is 1. The molecule has 1 aromatic heterocycles. The molecule has 2 unspecified atom stereocenters. The summed E-state index contributed by atoms with van der Waals surface area (Å²) in [6.45, 7) is 1.79. The second-order valence-corrected chi connectivity index (χ2v) is 5.66. The summed E-state index contributed by atoms with van der Waals surface area (Å²) in [4.78, 5) is 31.5. The predicted molar refractivity (Wildman–Crippen MR) is 75.6 cm³/mol. The molecule has 0 radical (unpaired) electrons. The second kappa shape index (κ2) is 5.71. The van der Waals surface area contributed by atoms with Gasteiger partial charge in [0.1, 0.15) is 6.10 Å². The van der Waals surface area contributed by atoms with Crippen molar-refractivity contribution in [1.82, 2.24) is 14.8 Å². The summed E-state index contributed by atoms with van der Waals surface area (Å²) in [6.07, 6.45) is 2.81. The highest BCUT2D eigenvalue weighted by atomic mass is 16.5. The lowest BCUT2D eigenvalue weighted by Crippen LogP contribution is -2.36. The zero-order valence-corrected chi connectivity index (χ0v) is 12.1. The van der Waals surface area contributed by atoms with Crippen LogP contribution >= 0.6 is 0 Å². The number of likely N-dealkylation sites (tertiary alicyclic amines) is 2. The summed E-state index contributed by atoms with van der Waals surface area (Å²) < 4.78 is 5.78. The summed E-state index contributed by atoms with van der Waals surface area (Å²) in [7, 11) is 1.74. The molecule has 2 saturated heterocycles. The van der Waals surface area contributed by atoms with Gasteiger partial charge in [0.25, 0.3) is 0 Å². The lowest BCUT2D eigenvalue weighted by Gasteiger charge is -2.20. The lowest BCUT2D eigenvalue weighted by atomic mass is 10.1. The van der Waals surface area contributed by atoms with Crippen LogP contribution in [0.25, 0.3) is 0 Å². The first-order valence-electron chi connectivity index (χ1n) is 7.24. The fourth-order valence-corrected chi connectivity index (χ4v) is 2.90. The van der Waals surface area contributed by atoms with Gasteiger partial charge in [0, 0.05) is 45.2 Å².